The summed E-state index contributed by atoms with van der Waals surface area (Å²) in [5.74, 6) is -1.46. The molecule has 0 heterocycles. The van der Waals surface area contributed by atoms with Crippen molar-refractivity contribution in [3.05, 3.63) is 48.1 Å². The van der Waals surface area contributed by atoms with E-state index in [0.717, 1.165) is 5.56 Å². The molecule has 0 saturated carbocycles. The van der Waals surface area contributed by atoms with Crippen LogP contribution in [0.25, 0.3) is 0 Å². The molecular formula is C21H26O6. The maximum Gasteiger partial charge on any atom is 0.338 e. The minimum absolute atomic E-state index is 0.0688. The summed E-state index contributed by atoms with van der Waals surface area (Å²) in [5.41, 5.74) is 0.577. The number of ether oxygens (including phenoxy) is 3. The second kappa shape index (κ2) is 9.16. The summed E-state index contributed by atoms with van der Waals surface area (Å²) in [6.07, 6.45) is 0.539. The molecule has 0 bridgehead atoms. The molecule has 0 aromatic heterocycles. The molecule has 1 aromatic carbocycles. The first-order valence-electron chi connectivity index (χ1n) is 8.49. The third-order valence-electron chi connectivity index (χ3n) is 3.15. The predicted octanol–water partition coefficient (Wildman–Crippen LogP) is 3.92. The summed E-state index contributed by atoms with van der Waals surface area (Å²) < 4.78 is 15.7. The number of carbonyl (C=O) groups is 3. The minimum Gasteiger partial charge on any atom is -0.460 e. The number of carbonyl (C=O) groups excluding carboxylic acids is 3. The van der Waals surface area contributed by atoms with Gasteiger partial charge in [-0.05, 0) is 58.7 Å². The molecule has 146 valence electrons. The molecule has 0 spiro atoms. The highest BCUT2D eigenvalue weighted by atomic mass is 16.6. The number of benzene rings is 1. The SMILES string of the molecule is C=C(C)C(=O)Oc1ccc(CCC(=O)OC(C)(C)C)cc1OC(=O)C(=C)C. The van der Waals surface area contributed by atoms with Crippen molar-refractivity contribution in [1.82, 2.24) is 0 Å². The second-order valence-electron chi connectivity index (χ2n) is 7.21. The molecule has 0 saturated heterocycles. The van der Waals surface area contributed by atoms with E-state index in [9.17, 15) is 14.4 Å². The Labute approximate surface area is 159 Å². The van der Waals surface area contributed by atoms with Crippen LogP contribution >= 0.6 is 0 Å². The van der Waals surface area contributed by atoms with Gasteiger partial charge in [-0.1, -0.05) is 19.2 Å². The molecule has 1 rings (SSSR count). The number of esters is 3. The van der Waals surface area contributed by atoms with Gasteiger partial charge in [0.1, 0.15) is 5.60 Å². The average Bonchev–Trinajstić information content (AvgIpc) is 2.52. The lowest BCUT2D eigenvalue weighted by atomic mass is 10.1. The summed E-state index contributed by atoms with van der Waals surface area (Å²) in [7, 11) is 0. The van der Waals surface area contributed by atoms with Crippen molar-refractivity contribution < 1.29 is 28.6 Å². The highest BCUT2D eigenvalue weighted by Gasteiger charge is 2.18. The van der Waals surface area contributed by atoms with Gasteiger partial charge >= 0.3 is 17.9 Å². The Bertz CT molecular complexity index is 767. The van der Waals surface area contributed by atoms with Crippen LogP contribution in [-0.2, 0) is 25.5 Å². The van der Waals surface area contributed by atoms with Gasteiger partial charge in [-0.15, -0.1) is 0 Å². The fourth-order valence-corrected chi connectivity index (χ4v) is 1.88. The molecule has 0 radical (unpaired) electrons. The first-order valence-corrected chi connectivity index (χ1v) is 8.49. The zero-order valence-electron chi connectivity index (χ0n) is 16.5. The van der Waals surface area contributed by atoms with Crippen molar-refractivity contribution in [2.24, 2.45) is 0 Å². The van der Waals surface area contributed by atoms with Crippen LogP contribution in [0.15, 0.2) is 42.5 Å². The van der Waals surface area contributed by atoms with Crippen molar-refractivity contribution in [3.8, 4) is 11.5 Å². The molecular weight excluding hydrogens is 348 g/mol. The molecule has 0 aliphatic heterocycles. The Balaban J connectivity index is 2.99. The summed E-state index contributed by atoms with van der Waals surface area (Å²) >= 11 is 0. The van der Waals surface area contributed by atoms with Crippen LogP contribution in [0.5, 0.6) is 11.5 Å². The van der Waals surface area contributed by atoms with Gasteiger partial charge in [-0.2, -0.15) is 0 Å². The molecule has 0 N–H and O–H groups in total. The lowest BCUT2D eigenvalue weighted by molar-refractivity contribution is -0.154. The number of hydrogen-bond acceptors (Lipinski definition) is 6. The van der Waals surface area contributed by atoms with E-state index >= 15 is 0 Å². The zero-order valence-corrected chi connectivity index (χ0v) is 16.5. The third kappa shape index (κ3) is 7.90. The van der Waals surface area contributed by atoms with Gasteiger partial charge in [0.2, 0.25) is 0 Å². The predicted molar refractivity (Wildman–Crippen MR) is 102 cm³/mol. The zero-order chi connectivity index (χ0) is 20.8. The van der Waals surface area contributed by atoms with Crippen LogP contribution in [0.3, 0.4) is 0 Å². The van der Waals surface area contributed by atoms with Gasteiger partial charge in [-0.25, -0.2) is 9.59 Å². The highest BCUT2D eigenvalue weighted by molar-refractivity contribution is 5.91. The topological polar surface area (TPSA) is 78.9 Å². The normalized spacial score (nSPS) is 10.7. The maximum atomic E-state index is 11.9. The number of hydrogen-bond donors (Lipinski definition) is 0. The molecule has 0 fully saturated rings. The van der Waals surface area contributed by atoms with E-state index in [1.165, 1.54) is 19.9 Å². The first-order chi connectivity index (χ1) is 12.4. The standard InChI is InChI=1S/C21H26O6/c1-13(2)19(23)25-16-10-8-15(9-11-18(22)27-21(5,6)7)12-17(16)26-20(24)14(3)4/h8,10,12H,1,3,9,11H2,2,4-7H3. The third-order valence-corrected chi connectivity index (χ3v) is 3.15. The highest BCUT2D eigenvalue weighted by Crippen LogP contribution is 2.30. The molecule has 0 aliphatic carbocycles. The maximum absolute atomic E-state index is 11.9. The van der Waals surface area contributed by atoms with E-state index in [1.54, 1.807) is 32.9 Å². The Morgan fingerprint density at radius 3 is 1.93 bits per heavy atom. The molecule has 0 unspecified atom stereocenters. The lowest BCUT2D eigenvalue weighted by Crippen LogP contribution is -2.24. The van der Waals surface area contributed by atoms with Gasteiger partial charge in [0.15, 0.2) is 11.5 Å². The van der Waals surface area contributed by atoms with E-state index in [4.69, 9.17) is 14.2 Å². The number of rotatable bonds is 7. The van der Waals surface area contributed by atoms with Gasteiger partial charge in [-0.3, -0.25) is 4.79 Å². The van der Waals surface area contributed by atoms with E-state index in [-0.39, 0.29) is 35.0 Å². The van der Waals surface area contributed by atoms with Crippen molar-refractivity contribution in [1.29, 1.82) is 0 Å². The van der Waals surface area contributed by atoms with Crippen molar-refractivity contribution in [2.75, 3.05) is 0 Å². The monoisotopic (exact) mass is 374 g/mol. The quantitative estimate of drug-likeness (QED) is 0.409. The Kier molecular flexibility index (Phi) is 7.52. The van der Waals surface area contributed by atoms with Crippen LogP contribution in [0.2, 0.25) is 0 Å². The molecule has 27 heavy (non-hydrogen) atoms. The largest absolute Gasteiger partial charge is 0.460 e. The molecule has 0 atom stereocenters. The van der Waals surface area contributed by atoms with E-state index < -0.39 is 17.5 Å². The van der Waals surface area contributed by atoms with Gasteiger partial charge in [0.25, 0.3) is 0 Å². The average molecular weight is 374 g/mol. The van der Waals surface area contributed by atoms with Gasteiger partial charge < -0.3 is 14.2 Å². The van der Waals surface area contributed by atoms with Crippen LogP contribution < -0.4 is 9.47 Å². The molecule has 6 nitrogen and oxygen atoms in total. The van der Waals surface area contributed by atoms with Gasteiger partial charge in [0, 0.05) is 17.6 Å². The second-order valence-corrected chi connectivity index (χ2v) is 7.21. The van der Waals surface area contributed by atoms with Crippen molar-refractivity contribution >= 4 is 17.9 Å². The minimum atomic E-state index is -0.646. The Morgan fingerprint density at radius 2 is 1.44 bits per heavy atom. The van der Waals surface area contributed by atoms with Crippen LogP contribution in [0.1, 0.15) is 46.6 Å². The van der Waals surface area contributed by atoms with Crippen molar-refractivity contribution in [3.63, 3.8) is 0 Å². The van der Waals surface area contributed by atoms with Crippen LogP contribution in [-0.4, -0.2) is 23.5 Å². The van der Waals surface area contributed by atoms with E-state index in [1.807, 2.05) is 0 Å². The lowest BCUT2D eigenvalue weighted by Gasteiger charge is -2.19. The Morgan fingerprint density at radius 1 is 0.926 bits per heavy atom. The Hall–Kier alpha value is -2.89. The van der Waals surface area contributed by atoms with Crippen molar-refractivity contribution in [2.45, 2.75) is 53.1 Å². The molecule has 0 amide bonds. The van der Waals surface area contributed by atoms with Crippen LogP contribution in [0, 0.1) is 0 Å². The summed E-state index contributed by atoms with van der Waals surface area (Å²) in [4.78, 5) is 35.5. The first kappa shape index (κ1) is 22.2. The number of aryl methyl sites for hydroxylation is 1. The van der Waals surface area contributed by atoms with Gasteiger partial charge in [0.05, 0.1) is 0 Å². The van der Waals surface area contributed by atoms with Crippen LogP contribution in [0.4, 0.5) is 0 Å². The summed E-state index contributed by atoms with van der Waals surface area (Å²) in [6.45, 7) is 15.5. The molecule has 6 heteroatoms. The molecule has 1 aromatic rings. The van der Waals surface area contributed by atoms with E-state index in [2.05, 4.69) is 13.2 Å². The fourth-order valence-electron chi connectivity index (χ4n) is 1.88. The smallest absolute Gasteiger partial charge is 0.338 e. The fraction of sp³-hybridized carbons (Fsp3) is 0.381. The van der Waals surface area contributed by atoms with E-state index in [0.29, 0.717) is 6.42 Å². The summed E-state index contributed by atoms with van der Waals surface area (Å²) in [6, 6.07) is 4.74. The molecule has 0 aliphatic rings. The summed E-state index contributed by atoms with van der Waals surface area (Å²) in [5, 5.41) is 0.